The monoisotopic (exact) mass is 218 g/mol. The molecule has 1 atom stereocenters. The van der Waals surface area contributed by atoms with E-state index in [1.165, 1.54) is 0 Å². The molecule has 0 radical (unpaired) electrons. The molecule has 0 bridgehead atoms. The van der Waals surface area contributed by atoms with E-state index in [-0.39, 0.29) is 12.3 Å². The van der Waals surface area contributed by atoms with Crippen molar-refractivity contribution in [1.29, 1.82) is 0 Å². The van der Waals surface area contributed by atoms with Gasteiger partial charge >= 0.3 is 0 Å². The van der Waals surface area contributed by atoms with Gasteiger partial charge in [0, 0.05) is 33.4 Å². The molecule has 0 amide bonds. The van der Waals surface area contributed by atoms with Crippen LogP contribution in [0.1, 0.15) is 20.8 Å². The van der Waals surface area contributed by atoms with Crippen LogP contribution in [0, 0.1) is 0 Å². The van der Waals surface area contributed by atoms with Gasteiger partial charge in [0.05, 0.1) is 6.04 Å². The molecule has 0 aliphatic rings. The molecular weight excluding hydrogens is 192 g/mol. The average molecular weight is 218 g/mol. The van der Waals surface area contributed by atoms with Gasteiger partial charge in [0.25, 0.3) is 0 Å². The molecule has 0 aromatic carbocycles. The van der Waals surface area contributed by atoms with Crippen LogP contribution in [0.4, 0.5) is 0 Å². The minimum atomic E-state index is -0.172. The molecule has 0 saturated carbocycles. The van der Waals surface area contributed by atoms with E-state index >= 15 is 0 Å². The predicted molar refractivity (Wildman–Crippen MR) is 63.0 cm³/mol. The SMILES string of the molecule is COC(OC)C(C)NCCN(C)C(C)C. The molecule has 0 aromatic heterocycles. The number of methoxy groups -OCH3 is 2. The minimum Gasteiger partial charge on any atom is -0.354 e. The van der Waals surface area contributed by atoms with E-state index < -0.39 is 0 Å². The van der Waals surface area contributed by atoms with Gasteiger partial charge in [-0.05, 0) is 27.8 Å². The number of ether oxygens (including phenoxy) is 2. The molecule has 4 heteroatoms. The van der Waals surface area contributed by atoms with Crippen molar-refractivity contribution >= 4 is 0 Å². The van der Waals surface area contributed by atoms with Gasteiger partial charge in [-0.2, -0.15) is 0 Å². The molecule has 0 aliphatic heterocycles. The lowest BCUT2D eigenvalue weighted by Crippen LogP contribution is -2.43. The van der Waals surface area contributed by atoms with Crippen molar-refractivity contribution in [3.63, 3.8) is 0 Å². The maximum atomic E-state index is 5.17. The number of nitrogens with one attached hydrogen (secondary N) is 1. The highest BCUT2D eigenvalue weighted by atomic mass is 16.7. The second-order valence-electron chi connectivity index (χ2n) is 4.16. The smallest absolute Gasteiger partial charge is 0.171 e. The third-order valence-electron chi connectivity index (χ3n) is 2.69. The zero-order valence-electron chi connectivity index (χ0n) is 10.9. The van der Waals surface area contributed by atoms with Crippen LogP contribution in [-0.4, -0.2) is 57.6 Å². The van der Waals surface area contributed by atoms with Gasteiger partial charge in [-0.3, -0.25) is 0 Å². The zero-order chi connectivity index (χ0) is 11.8. The van der Waals surface area contributed by atoms with Gasteiger partial charge in [0.1, 0.15) is 0 Å². The lowest BCUT2D eigenvalue weighted by atomic mass is 10.3. The molecule has 0 aliphatic carbocycles. The van der Waals surface area contributed by atoms with Crippen LogP contribution < -0.4 is 5.32 Å². The van der Waals surface area contributed by atoms with Gasteiger partial charge in [0.15, 0.2) is 6.29 Å². The maximum Gasteiger partial charge on any atom is 0.171 e. The standard InChI is InChI=1S/C11H26N2O2/c1-9(2)13(4)8-7-12-10(3)11(14-5)15-6/h9-12H,7-8H2,1-6H3. The van der Waals surface area contributed by atoms with E-state index in [1.807, 2.05) is 0 Å². The van der Waals surface area contributed by atoms with E-state index in [9.17, 15) is 0 Å². The van der Waals surface area contributed by atoms with Crippen molar-refractivity contribution in [2.75, 3.05) is 34.4 Å². The molecule has 0 saturated heterocycles. The summed E-state index contributed by atoms with van der Waals surface area (Å²) in [7, 11) is 5.44. The highest BCUT2D eigenvalue weighted by molar-refractivity contribution is 4.66. The second-order valence-corrected chi connectivity index (χ2v) is 4.16. The quantitative estimate of drug-likeness (QED) is 0.614. The van der Waals surface area contributed by atoms with Gasteiger partial charge in [-0.25, -0.2) is 0 Å². The number of hydrogen-bond donors (Lipinski definition) is 1. The molecule has 1 unspecified atom stereocenters. The second kappa shape index (κ2) is 8.05. The Morgan fingerprint density at radius 3 is 2.07 bits per heavy atom. The lowest BCUT2D eigenvalue weighted by Gasteiger charge is -2.25. The van der Waals surface area contributed by atoms with E-state index in [0.29, 0.717) is 6.04 Å². The first-order valence-corrected chi connectivity index (χ1v) is 5.52. The number of likely N-dealkylation sites (N-methyl/N-ethyl adjacent to an activating group) is 1. The van der Waals surface area contributed by atoms with Crippen molar-refractivity contribution in [3.8, 4) is 0 Å². The Labute approximate surface area is 93.9 Å². The molecule has 0 fully saturated rings. The molecule has 92 valence electrons. The largest absolute Gasteiger partial charge is 0.354 e. The third-order valence-corrected chi connectivity index (χ3v) is 2.69. The van der Waals surface area contributed by atoms with Crippen LogP contribution in [0.5, 0.6) is 0 Å². The van der Waals surface area contributed by atoms with Gasteiger partial charge in [0.2, 0.25) is 0 Å². The molecule has 15 heavy (non-hydrogen) atoms. The van der Waals surface area contributed by atoms with Gasteiger partial charge < -0.3 is 19.7 Å². The Morgan fingerprint density at radius 2 is 1.67 bits per heavy atom. The molecule has 0 heterocycles. The van der Waals surface area contributed by atoms with Crippen molar-refractivity contribution in [3.05, 3.63) is 0 Å². The first-order valence-electron chi connectivity index (χ1n) is 5.52. The number of nitrogens with zero attached hydrogens (tertiary/aromatic N) is 1. The molecule has 0 rings (SSSR count). The Hall–Kier alpha value is -0.160. The fourth-order valence-corrected chi connectivity index (χ4v) is 1.33. The summed E-state index contributed by atoms with van der Waals surface area (Å²) in [6.07, 6.45) is -0.172. The highest BCUT2D eigenvalue weighted by Crippen LogP contribution is 1.98. The van der Waals surface area contributed by atoms with Crippen LogP contribution in [0.2, 0.25) is 0 Å². The van der Waals surface area contributed by atoms with E-state index in [4.69, 9.17) is 9.47 Å². The molecular formula is C11H26N2O2. The average Bonchev–Trinajstić information content (AvgIpc) is 2.19. The molecule has 0 spiro atoms. The highest BCUT2D eigenvalue weighted by Gasteiger charge is 2.14. The van der Waals surface area contributed by atoms with Crippen molar-refractivity contribution in [2.45, 2.75) is 39.1 Å². The number of rotatable bonds is 8. The maximum absolute atomic E-state index is 5.17. The van der Waals surface area contributed by atoms with Crippen LogP contribution in [0.25, 0.3) is 0 Å². The molecule has 1 N–H and O–H groups in total. The summed E-state index contributed by atoms with van der Waals surface area (Å²) >= 11 is 0. The van der Waals surface area contributed by atoms with Crippen molar-refractivity contribution < 1.29 is 9.47 Å². The first-order chi connectivity index (χ1) is 7.02. The third kappa shape index (κ3) is 6.10. The lowest BCUT2D eigenvalue weighted by molar-refractivity contribution is -0.119. The Balaban J connectivity index is 3.66. The minimum absolute atomic E-state index is 0.172. The Morgan fingerprint density at radius 1 is 1.13 bits per heavy atom. The predicted octanol–water partition coefficient (Wildman–Crippen LogP) is 0.924. The van der Waals surface area contributed by atoms with Crippen LogP contribution in [0.15, 0.2) is 0 Å². The topological polar surface area (TPSA) is 33.7 Å². The van der Waals surface area contributed by atoms with E-state index in [1.54, 1.807) is 14.2 Å². The summed E-state index contributed by atoms with van der Waals surface area (Å²) in [6, 6.07) is 0.795. The van der Waals surface area contributed by atoms with Crippen molar-refractivity contribution in [1.82, 2.24) is 10.2 Å². The Kier molecular flexibility index (Phi) is 7.96. The Bertz CT molecular complexity index is 150. The summed E-state index contributed by atoms with van der Waals surface area (Å²) < 4.78 is 10.3. The fraction of sp³-hybridized carbons (Fsp3) is 1.00. The van der Waals surface area contributed by atoms with Crippen LogP contribution in [0.3, 0.4) is 0 Å². The van der Waals surface area contributed by atoms with Crippen LogP contribution >= 0.6 is 0 Å². The summed E-state index contributed by atoms with van der Waals surface area (Å²) in [5, 5.41) is 3.38. The normalized spacial score (nSPS) is 14.2. The van der Waals surface area contributed by atoms with E-state index in [0.717, 1.165) is 13.1 Å². The van der Waals surface area contributed by atoms with Crippen LogP contribution in [-0.2, 0) is 9.47 Å². The first kappa shape index (κ1) is 14.8. The summed E-state index contributed by atoms with van der Waals surface area (Å²) in [4.78, 5) is 2.30. The summed E-state index contributed by atoms with van der Waals surface area (Å²) in [5.74, 6) is 0. The fourth-order valence-electron chi connectivity index (χ4n) is 1.33. The summed E-state index contributed by atoms with van der Waals surface area (Å²) in [6.45, 7) is 8.42. The summed E-state index contributed by atoms with van der Waals surface area (Å²) in [5.41, 5.74) is 0. The number of hydrogen-bond acceptors (Lipinski definition) is 4. The van der Waals surface area contributed by atoms with Gasteiger partial charge in [-0.1, -0.05) is 0 Å². The van der Waals surface area contributed by atoms with Gasteiger partial charge in [-0.15, -0.1) is 0 Å². The van der Waals surface area contributed by atoms with Crippen molar-refractivity contribution in [2.24, 2.45) is 0 Å². The van der Waals surface area contributed by atoms with E-state index in [2.05, 4.69) is 38.0 Å². The molecule has 0 aromatic rings. The molecule has 4 nitrogen and oxygen atoms in total. The zero-order valence-corrected chi connectivity index (χ0v) is 10.9.